The molecule has 0 aromatic carbocycles. The van der Waals surface area contributed by atoms with E-state index in [2.05, 4.69) is 15.3 Å². The Balaban J connectivity index is 1.81. The highest BCUT2D eigenvalue weighted by atomic mass is 32.2. The molecule has 2 rings (SSSR count). The molecule has 1 aliphatic heterocycles. The number of carbonyl (C=O) groups is 2. The van der Waals surface area contributed by atoms with Crippen LogP contribution < -0.4 is 5.32 Å². The monoisotopic (exact) mass is 353 g/mol. The molecule has 0 saturated carbocycles. The van der Waals surface area contributed by atoms with Crippen LogP contribution in [0.2, 0.25) is 0 Å². The highest BCUT2D eigenvalue weighted by Crippen LogP contribution is 2.24. The minimum absolute atomic E-state index is 0.0481. The van der Waals surface area contributed by atoms with Crippen LogP contribution in [-0.4, -0.2) is 52.5 Å². The normalized spacial score (nSPS) is 16.6. The van der Waals surface area contributed by atoms with Gasteiger partial charge in [-0.05, 0) is 38.7 Å². The summed E-state index contributed by atoms with van der Waals surface area (Å²) in [6, 6.07) is 1.87. The molecule has 1 fully saturated rings. The molecule has 1 amide bonds. The fraction of sp³-hybridized carbons (Fsp3) is 0.625. The summed E-state index contributed by atoms with van der Waals surface area (Å²) in [4.78, 5) is 32.0. The van der Waals surface area contributed by atoms with Gasteiger partial charge in [-0.1, -0.05) is 11.8 Å². The molecule has 24 heavy (non-hydrogen) atoms. The Morgan fingerprint density at radius 2 is 1.96 bits per heavy atom. The lowest BCUT2D eigenvalue weighted by molar-refractivity contribution is -0.144. The fourth-order valence-corrected chi connectivity index (χ4v) is 3.52. The van der Waals surface area contributed by atoms with Gasteiger partial charge in [-0.3, -0.25) is 9.59 Å². The molecule has 132 valence electrons. The second-order valence-electron chi connectivity index (χ2n) is 5.92. The van der Waals surface area contributed by atoms with Crippen LogP contribution in [0.25, 0.3) is 0 Å². The Labute approximate surface area is 145 Å². The average Bonchev–Trinajstić information content (AvgIpc) is 2.53. The van der Waals surface area contributed by atoms with Crippen molar-refractivity contribution in [3.05, 3.63) is 17.5 Å². The molecule has 7 nitrogen and oxygen atoms in total. The Bertz CT molecular complexity index is 570. The highest BCUT2D eigenvalue weighted by Gasteiger charge is 2.29. The van der Waals surface area contributed by atoms with Crippen molar-refractivity contribution in [1.82, 2.24) is 15.3 Å². The fourth-order valence-electron chi connectivity index (χ4n) is 2.74. The van der Waals surface area contributed by atoms with E-state index in [-0.39, 0.29) is 24.1 Å². The van der Waals surface area contributed by atoms with E-state index < -0.39 is 11.9 Å². The number of hydrogen-bond donors (Lipinski definition) is 2. The Morgan fingerprint density at radius 1 is 1.33 bits per heavy atom. The second-order valence-corrected chi connectivity index (χ2v) is 6.86. The molecule has 1 atom stereocenters. The van der Waals surface area contributed by atoms with E-state index in [4.69, 9.17) is 4.74 Å². The summed E-state index contributed by atoms with van der Waals surface area (Å²) < 4.78 is 5.26. The topological polar surface area (TPSA) is 101 Å². The van der Waals surface area contributed by atoms with Gasteiger partial charge in [0.15, 0.2) is 5.16 Å². The standard InChI is InChI=1S/C16H23N3O4S/c1-10-7-11(2)19-16(18-10)24-9-14(20)17-8-13(15(21)22)12-3-5-23-6-4-12/h7,12-13H,3-6,8-9H2,1-2H3,(H,17,20)(H,21,22). The van der Waals surface area contributed by atoms with Gasteiger partial charge < -0.3 is 15.2 Å². The van der Waals surface area contributed by atoms with Crippen LogP contribution in [0.4, 0.5) is 0 Å². The first-order valence-electron chi connectivity index (χ1n) is 7.98. The lowest BCUT2D eigenvalue weighted by atomic mass is 9.86. The molecule has 0 radical (unpaired) electrons. The second kappa shape index (κ2) is 8.98. The van der Waals surface area contributed by atoms with Crippen molar-refractivity contribution in [2.24, 2.45) is 11.8 Å². The van der Waals surface area contributed by atoms with Gasteiger partial charge in [-0.25, -0.2) is 9.97 Å². The van der Waals surface area contributed by atoms with Crippen LogP contribution in [0.15, 0.2) is 11.2 Å². The molecule has 2 heterocycles. The van der Waals surface area contributed by atoms with Gasteiger partial charge in [-0.2, -0.15) is 0 Å². The predicted octanol–water partition coefficient (Wildman–Crippen LogP) is 1.43. The molecule has 0 bridgehead atoms. The van der Waals surface area contributed by atoms with Crippen LogP contribution in [-0.2, 0) is 14.3 Å². The molecule has 0 aliphatic carbocycles. The SMILES string of the molecule is Cc1cc(C)nc(SCC(=O)NCC(C(=O)O)C2CCOCC2)n1. The summed E-state index contributed by atoms with van der Waals surface area (Å²) in [5.74, 6) is -1.43. The number of rotatable bonds is 7. The number of carboxylic acids is 1. The van der Waals surface area contributed by atoms with Crippen molar-refractivity contribution in [2.75, 3.05) is 25.5 Å². The van der Waals surface area contributed by atoms with Crippen LogP contribution in [0, 0.1) is 25.7 Å². The quantitative estimate of drug-likeness (QED) is 0.565. The third kappa shape index (κ3) is 5.76. The molecule has 1 saturated heterocycles. The molecule has 1 aromatic rings. The van der Waals surface area contributed by atoms with E-state index in [9.17, 15) is 14.7 Å². The summed E-state index contributed by atoms with van der Waals surface area (Å²) >= 11 is 1.25. The van der Waals surface area contributed by atoms with Crippen LogP contribution >= 0.6 is 11.8 Å². The largest absolute Gasteiger partial charge is 0.481 e. The van der Waals surface area contributed by atoms with Crippen molar-refractivity contribution >= 4 is 23.6 Å². The van der Waals surface area contributed by atoms with E-state index in [1.54, 1.807) is 0 Å². The molecular weight excluding hydrogens is 330 g/mol. The first-order chi connectivity index (χ1) is 11.5. The van der Waals surface area contributed by atoms with Crippen LogP contribution in [0.5, 0.6) is 0 Å². The Kier molecular flexibility index (Phi) is 6.99. The van der Waals surface area contributed by atoms with Gasteiger partial charge in [-0.15, -0.1) is 0 Å². The van der Waals surface area contributed by atoms with Crippen molar-refractivity contribution < 1.29 is 19.4 Å². The Morgan fingerprint density at radius 3 is 2.54 bits per heavy atom. The first-order valence-corrected chi connectivity index (χ1v) is 8.96. The van der Waals surface area contributed by atoms with Crippen LogP contribution in [0.1, 0.15) is 24.2 Å². The predicted molar refractivity (Wildman–Crippen MR) is 89.9 cm³/mol. The van der Waals surface area contributed by atoms with E-state index in [1.165, 1.54) is 11.8 Å². The minimum Gasteiger partial charge on any atom is -0.481 e. The number of nitrogens with zero attached hydrogens (tertiary/aromatic N) is 2. The number of thioether (sulfide) groups is 1. The van der Waals surface area contributed by atoms with E-state index in [0.717, 1.165) is 24.2 Å². The van der Waals surface area contributed by atoms with Gasteiger partial charge in [0.05, 0.1) is 11.7 Å². The number of aryl methyl sites for hydroxylation is 2. The van der Waals surface area contributed by atoms with Gasteiger partial charge in [0, 0.05) is 31.1 Å². The number of nitrogens with one attached hydrogen (secondary N) is 1. The number of aromatic nitrogens is 2. The number of amides is 1. The minimum atomic E-state index is -0.868. The van der Waals surface area contributed by atoms with Crippen molar-refractivity contribution in [3.8, 4) is 0 Å². The smallest absolute Gasteiger partial charge is 0.308 e. The van der Waals surface area contributed by atoms with Crippen molar-refractivity contribution in [1.29, 1.82) is 0 Å². The summed E-state index contributed by atoms with van der Waals surface area (Å²) in [5, 5.41) is 12.7. The molecular formula is C16H23N3O4S. The van der Waals surface area contributed by atoms with Gasteiger partial charge in [0.25, 0.3) is 0 Å². The lowest BCUT2D eigenvalue weighted by Gasteiger charge is -2.27. The molecule has 2 N–H and O–H groups in total. The number of ether oxygens (including phenoxy) is 1. The van der Waals surface area contributed by atoms with Gasteiger partial charge in [0.2, 0.25) is 5.91 Å². The number of carbonyl (C=O) groups excluding carboxylic acids is 1. The van der Waals surface area contributed by atoms with Crippen molar-refractivity contribution in [2.45, 2.75) is 31.8 Å². The van der Waals surface area contributed by atoms with E-state index in [0.29, 0.717) is 18.4 Å². The van der Waals surface area contributed by atoms with E-state index >= 15 is 0 Å². The zero-order chi connectivity index (χ0) is 17.5. The zero-order valence-electron chi connectivity index (χ0n) is 13.9. The number of hydrogen-bond acceptors (Lipinski definition) is 6. The molecule has 0 spiro atoms. The lowest BCUT2D eigenvalue weighted by Crippen LogP contribution is -2.39. The summed E-state index contributed by atoms with van der Waals surface area (Å²) in [5.41, 5.74) is 1.71. The molecule has 1 aromatic heterocycles. The maximum atomic E-state index is 12.0. The van der Waals surface area contributed by atoms with Gasteiger partial charge in [0.1, 0.15) is 0 Å². The summed E-state index contributed by atoms with van der Waals surface area (Å²) in [6.07, 6.45) is 1.44. The van der Waals surface area contributed by atoms with E-state index in [1.807, 2.05) is 19.9 Å². The van der Waals surface area contributed by atoms with Gasteiger partial charge >= 0.3 is 5.97 Å². The summed E-state index contributed by atoms with van der Waals surface area (Å²) in [6.45, 7) is 5.08. The maximum absolute atomic E-state index is 12.0. The molecule has 1 aliphatic rings. The van der Waals surface area contributed by atoms with Crippen LogP contribution in [0.3, 0.4) is 0 Å². The summed E-state index contributed by atoms with van der Waals surface area (Å²) in [7, 11) is 0. The first kappa shape index (κ1) is 18.7. The van der Waals surface area contributed by atoms with Crippen molar-refractivity contribution in [3.63, 3.8) is 0 Å². The number of carboxylic acid groups (broad SMARTS) is 1. The third-order valence-electron chi connectivity index (χ3n) is 3.97. The zero-order valence-corrected chi connectivity index (χ0v) is 14.8. The Hall–Kier alpha value is -1.67. The maximum Gasteiger partial charge on any atom is 0.308 e. The number of aliphatic carboxylic acids is 1. The molecule has 1 unspecified atom stereocenters. The average molecular weight is 353 g/mol. The third-order valence-corrected chi connectivity index (χ3v) is 4.81. The molecule has 8 heteroatoms. The highest BCUT2D eigenvalue weighted by molar-refractivity contribution is 7.99.